The fourth-order valence-corrected chi connectivity index (χ4v) is 2.42. The number of aryl methyl sites for hydroxylation is 2. The molecule has 0 bridgehead atoms. The summed E-state index contributed by atoms with van der Waals surface area (Å²) in [7, 11) is 0. The number of carboxylic acid groups (broad SMARTS) is 1. The van der Waals surface area contributed by atoms with Crippen LogP contribution >= 0.6 is 0 Å². The van der Waals surface area contributed by atoms with E-state index in [1.54, 1.807) is 0 Å². The number of hydrogen-bond acceptors (Lipinski definition) is 2. The van der Waals surface area contributed by atoms with Gasteiger partial charge in [0, 0.05) is 18.8 Å². The molecule has 0 radical (unpaired) electrons. The molecule has 0 aliphatic rings. The first-order valence-electron chi connectivity index (χ1n) is 7.09. The lowest BCUT2D eigenvalue weighted by Crippen LogP contribution is -2.28. The summed E-state index contributed by atoms with van der Waals surface area (Å²) in [5.74, 6) is -0.730. The average molecular weight is 263 g/mol. The van der Waals surface area contributed by atoms with E-state index < -0.39 is 5.97 Å². The predicted molar refractivity (Wildman–Crippen MR) is 79.9 cm³/mol. The standard InChI is InChI=1S/C16H25NO2/c1-4-5-6-11-17(12-10-15(18)19)16-13(2)8-7-9-14(16)3/h7-9H,4-6,10-12H2,1-3H3,(H,18,19). The van der Waals surface area contributed by atoms with E-state index in [4.69, 9.17) is 5.11 Å². The second-order valence-corrected chi connectivity index (χ2v) is 5.08. The van der Waals surface area contributed by atoms with Crippen LogP contribution in [0.25, 0.3) is 0 Å². The van der Waals surface area contributed by atoms with Crippen molar-refractivity contribution in [3.8, 4) is 0 Å². The predicted octanol–water partition coefficient (Wildman–Crippen LogP) is 3.77. The van der Waals surface area contributed by atoms with Crippen molar-refractivity contribution in [2.75, 3.05) is 18.0 Å². The second-order valence-electron chi connectivity index (χ2n) is 5.08. The van der Waals surface area contributed by atoms with Gasteiger partial charge in [0.1, 0.15) is 0 Å². The average Bonchev–Trinajstić information content (AvgIpc) is 2.35. The molecule has 0 heterocycles. The van der Waals surface area contributed by atoms with Gasteiger partial charge in [-0.25, -0.2) is 0 Å². The third-order valence-electron chi connectivity index (χ3n) is 3.38. The summed E-state index contributed by atoms with van der Waals surface area (Å²) in [5, 5.41) is 8.89. The maximum absolute atomic E-state index is 10.8. The lowest BCUT2D eigenvalue weighted by atomic mass is 10.1. The van der Waals surface area contributed by atoms with Gasteiger partial charge in [-0.2, -0.15) is 0 Å². The molecule has 0 amide bonds. The molecule has 0 fully saturated rings. The number of benzene rings is 1. The van der Waals surface area contributed by atoms with Crippen LogP contribution in [0, 0.1) is 13.8 Å². The van der Waals surface area contributed by atoms with E-state index in [0.717, 1.165) is 13.0 Å². The molecule has 3 heteroatoms. The fraction of sp³-hybridized carbons (Fsp3) is 0.562. The molecular weight excluding hydrogens is 238 g/mol. The normalized spacial score (nSPS) is 10.5. The second kappa shape index (κ2) is 7.82. The van der Waals surface area contributed by atoms with E-state index in [1.807, 2.05) is 0 Å². The Morgan fingerprint density at radius 3 is 2.32 bits per heavy atom. The first kappa shape index (κ1) is 15.5. The molecule has 0 aromatic heterocycles. The minimum Gasteiger partial charge on any atom is -0.481 e. The highest BCUT2D eigenvalue weighted by molar-refractivity contribution is 5.68. The van der Waals surface area contributed by atoms with E-state index in [2.05, 4.69) is 43.9 Å². The lowest BCUT2D eigenvalue weighted by molar-refractivity contribution is -0.136. The SMILES string of the molecule is CCCCCN(CCC(=O)O)c1c(C)cccc1C. The molecular formula is C16H25NO2. The van der Waals surface area contributed by atoms with Gasteiger partial charge < -0.3 is 10.0 Å². The number of rotatable bonds is 8. The molecule has 0 spiro atoms. The maximum Gasteiger partial charge on any atom is 0.305 e. The Morgan fingerprint density at radius 1 is 1.16 bits per heavy atom. The minimum atomic E-state index is -0.730. The van der Waals surface area contributed by atoms with Crippen LogP contribution in [0.2, 0.25) is 0 Å². The lowest BCUT2D eigenvalue weighted by Gasteiger charge is -2.27. The summed E-state index contributed by atoms with van der Waals surface area (Å²) >= 11 is 0. The van der Waals surface area contributed by atoms with Crippen molar-refractivity contribution in [2.45, 2.75) is 46.5 Å². The number of nitrogens with zero attached hydrogens (tertiary/aromatic N) is 1. The summed E-state index contributed by atoms with van der Waals surface area (Å²) in [6, 6.07) is 6.24. The van der Waals surface area contributed by atoms with Crippen LogP contribution in [0.15, 0.2) is 18.2 Å². The smallest absolute Gasteiger partial charge is 0.305 e. The number of carbonyl (C=O) groups is 1. The topological polar surface area (TPSA) is 40.5 Å². The van der Waals surface area contributed by atoms with Gasteiger partial charge in [0.2, 0.25) is 0 Å². The number of anilines is 1. The highest BCUT2D eigenvalue weighted by atomic mass is 16.4. The van der Waals surface area contributed by atoms with Gasteiger partial charge in [-0.05, 0) is 31.4 Å². The zero-order chi connectivity index (χ0) is 14.3. The number of carboxylic acids is 1. The third-order valence-corrected chi connectivity index (χ3v) is 3.38. The van der Waals surface area contributed by atoms with Crippen LogP contribution in [0.4, 0.5) is 5.69 Å². The number of aliphatic carboxylic acids is 1. The van der Waals surface area contributed by atoms with Crippen molar-refractivity contribution < 1.29 is 9.90 Å². The van der Waals surface area contributed by atoms with Crippen LogP contribution in [0.5, 0.6) is 0 Å². The third kappa shape index (κ3) is 4.93. The Hall–Kier alpha value is -1.51. The molecule has 0 aliphatic carbocycles. The molecule has 0 saturated heterocycles. The molecule has 3 nitrogen and oxygen atoms in total. The monoisotopic (exact) mass is 263 g/mol. The van der Waals surface area contributed by atoms with Crippen molar-refractivity contribution in [1.29, 1.82) is 0 Å². The van der Waals surface area contributed by atoms with E-state index in [0.29, 0.717) is 6.54 Å². The van der Waals surface area contributed by atoms with E-state index >= 15 is 0 Å². The van der Waals surface area contributed by atoms with Gasteiger partial charge in [0.15, 0.2) is 0 Å². The van der Waals surface area contributed by atoms with Crippen molar-refractivity contribution in [2.24, 2.45) is 0 Å². The molecule has 1 aromatic rings. The number of hydrogen-bond donors (Lipinski definition) is 1. The van der Waals surface area contributed by atoms with Gasteiger partial charge in [-0.3, -0.25) is 4.79 Å². The van der Waals surface area contributed by atoms with Crippen LogP contribution < -0.4 is 4.90 Å². The van der Waals surface area contributed by atoms with Crippen molar-refractivity contribution in [1.82, 2.24) is 0 Å². The Morgan fingerprint density at radius 2 is 1.79 bits per heavy atom. The molecule has 0 saturated carbocycles. The van der Waals surface area contributed by atoms with E-state index in [1.165, 1.54) is 29.7 Å². The largest absolute Gasteiger partial charge is 0.481 e. The molecule has 0 unspecified atom stereocenters. The van der Waals surface area contributed by atoms with E-state index in [9.17, 15) is 4.79 Å². The first-order valence-corrected chi connectivity index (χ1v) is 7.09. The van der Waals surface area contributed by atoms with Gasteiger partial charge in [-0.15, -0.1) is 0 Å². The Bertz CT molecular complexity index is 395. The molecule has 106 valence electrons. The summed E-state index contributed by atoms with van der Waals surface area (Å²) < 4.78 is 0. The molecule has 1 aromatic carbocycles. The highest BCUT2D eigenvalue weighted by Gasteiger charge is 2.12. The van der Waals surface area contributed by atoms with Crippen LogP contribution in [-0.4, -0.2) is 24.2 Å². The summed E-state index contributed by atoms with van der Waals surface area (Å²) in [5.41, 5.74) is 3.66. The number of para-hydroxylation sites is 1. The first-order chi connectivity index (χ1) is 9.06. The van der Waals surface area contributed by atoms with Crippen LogP contribution in [0.3, 0.4) is 0 Å². The maximum atomic E-state index is 10.8. The van der Waals surface area contributed by atoms with Crippen LogP contribution in [0.1, 0.15) is 43.7 Å². The van der Waals surface area contributed by atoms with E-state index in [-0.39, 0.29) is 6.42 Å². The zero-order valence-electron chi connectivity index (χ0n) is 12.3. The number of unbranched alkanes of at least 4 members (excludes halogenated alkanes) is 2. The summed E-state index contributed by atoms with van der Waals surface area (Å²) in [6.07, 6.45) is 3.68. The quantitative estimate of drug-likeness (QED) is 0.726. The fourth-order valence-electron chi connectivity index (χ4n) is 2.42. The summed E-state index contributed by atoms with van der Waals surface area (Å²) in [4.78, 5) is 13.0. The molecule has 0 aliphatic heterocycles. The van der Waals surface area contributed by atoms with Gasteiger partial charge in [-0.1, -0.05) is 38.0 Å². The highest BCUT2D eigenvalue weighted by Crippen LogP contribution is 2.25. The summed E-state index contributed by atoms with van der Waals surface area (Å²) in [6.45, 7) is 7.89. The Labute approximate surface area is 116 Å². The Balaban J connectivity index is 2.84. The van der Waals surface area contributed by atoms with Gasteiger partial charge in [0.05, 0.1) is 6.42 Å². The minimum absolute atomic E-state index is 0.194. The zero-order valence-corrected chi connectivity index (χ0v) is 12.3. The van der Waals surface area contributed by atoms with Crippen molar-refractivity contribution in [3.05, 3.63) is 29.3 Å². The molecule has 1 rings (SSSR count). The van der Waals surface area contributed by atoms with Crippen molar-refractivity contribution >= 4 is 11.7 Å². The molecule has 19 heavy (non-hydrogen) atoms. The van der Waals surface area contributed by atoms with Crippen molar-refractivity contribution in [3.63, 3.8) is 0 Å². The molecule has 0 atom stereocenters. The van der Waals surface area contributed by atoms with Crippen LogP contribution in [-0.2, 0) is 4.79 Å². The Kier molecular flexibility index (Phi) is 6.40. The van der Waals surface area contributed by atoms with Gasteiger partial charge >= 0.3 is 5.97 Å². The van der Waals surface area contributed by atoms with Gasteiger partial charge in [0.25, 0.3) is 0 Å². The molecule has 1 N–H and O–H groups in total.